The quantitative estimate of drug-likeness (QED) is 0.370. The minimum atomic E-state index is 0. The molecule has 0 saturated carbocycles. The largest absolute Gasteiger partial charge is 0.352 e. The fourth-order valence-corrected chi connectivity index (χ4v) is 3.60. The van der Waals surface area contributed by atoms with Crippen molar-refractivity contribution in [3.8, 4) is 0 Å². The van der Waals surface area contributed by atoms with E-state index in [1.54, 1.807) is 0 Å². The van der Waals surface area contributed by atoms with Gasteiger partial charge in [0.1, 0.15) is 0 Å². The molecule has 0 radical (unpaired) electrons. The fraction of sp³-hybridized carbons (Fsp3) is 0.435. The number of halogens is 1. The van der Waals surface area contributed by atoms with E-state index in [-0.39, 0.29) is 24.0 Å². The lowest BCUT2D eigenvalue weighted by Gasteiger charge is -2.36. The molecule has 5 nitrogen and oxygen atoms in total. The van der Waals surface area contributed by atoms with Gasteiger partial charge in [-0.1, -0.05) is 54.6 Å². The van der Waals surface area contributed by atoms with E-state index < -0.39 is 0 Å². The van der Waals surface area contributed by atoms with Crippen LogP contribution in [0.25, 0.3) is 0 Å². The third kappa shape index (κ3) is 7.60. The van der Waals surface area contributed by atoms with Crippen LogP contribution >= 0.6 is 24.0 Å². The van der Waals surface area contributed by atoms with Gasteiger partial charge >= 0.3 is 0 Å². The molecule has 1 aliphatic rings. The van der Waals surface area contributed by atoms with Gasteiger partial charge in [-0.2, -0.15) is 0 Å². The number of hydrogen-bond acceptors (Lipinski definition) is 3. The van der Waals surface area contributed by atoms with Crippen molar-refractivity contribution in [3.63, 3.8) is 0 Å². The van der Waals surface area contributed by atoms with Crippen LogP contribution in [0.2, 0.25) is 0 Å². The molecule has 0 amide bonds. The van der Waals surface area contributed by atoms with Gasteiger partial charge in [0.15, 0.2) is 5.96 Å². The Morgan fingerprint density at radius 3 is 2.10 bits per heavy atom. The molecular weight excluding hydrogens is 473 g/mol. The van der Waals surface area contributed by atoms with Gasteiger partial charge in [-0.25, -0.2) is 0 Å². The Hall–Kier alpha value is -1.64. The minimum absolute atomic E-state index is 0. The zero-order valence-corrected chi connectivity index (χ0v) is 20.2. The lowest BCUT2D eigenvalue weighted by atomic mass is 10.1. The van der Waals surface area contributed by atoms with Crippen LogP contribution in [0.5, 0.6) is 0 Å². The Balaban J connectivity index is 0.00000300. The maximum absolute atomic E-state index is 4.50. The second kappa shape index (κ2) is 12.1. The highest BCUT2D eigenvalue weighted by atomic mass is 127. The number of nitrogens with zero attached hydrogens (tertiary/aromatic N) is 4. The first-order chi connectivity index (χ1) is 13.6. The molecule has 1 aliphatic heterocycles. The Morgan fingerprint density at radius 2 is 1.52 bits per heavy atom. The Morgan fingerprint density at radius 1 is 0.897 bits per heavy atom. The van der Waals surface area contributed by atoms with Gasteiger partial charge < -0.3 is 15.1 Å². The summed E-state index contributed by atoms with van der Waals surface area (Å²) < 4.78 is 0. The predicted octanol–water partition coefficient (Wildman–Crippen LogP) is 3.26. The fourth-order valence-electron chi connectivity index (χ4n) is 3.60. The zero-order valence-electron chi connectivity index (χ0n) is 17.8. The average molecular weight is 507 g/mol. The van der Waals surface area contributed by atoms with Crippen molar-refractivity contribution < 1.29 is 0 Å². The lowest BCUT2D eigenvalue weighted by molar-refractivity contribution is 0.172. The summed E-state index contributed by atoms with van der Waals surface area (Å²) in [7, 11) is 6.07. The van der Waals surface area contributed by atoms with E-state index in [9.17, 15) is 0 Å². The van der Waals surface area contributed by atoms with Gasteiger partial charge in [0, 0.05) is 52.9 Å². The van der Waals surface area contributed by atoms with Gasteiger partial charge in [-0.3, -0.25) is 9.89 Å². The second-order valence-electron chi connectivity index (χ2n) is 7.70. The van der Waals surface area contributed by atoms with E-state index in [1.165, 1.54) is 16.7 Å². The van der Waals surface area contributed by atoms with Gasteiger partial charge in [-0.15, -0.1) is 24.0 Å². The standard InChI is InChI=1S/C23H33N5.HI/c1-24-23(25-17-20-9-11-22(12-10-20)18-26(2)3)28-15-13-27(14-16-28)19-21-7-5-4-6-8-21;/h4-12H,13-19H2,1-3H3,(H,24,25);1H. The average Bonchev–Trinajstić information content (AvgIpc) is 2.71. The number of rotatable bonds is 6. The summed E-state index contributed by atoms with van der Waals surface area (Å²) in [6, 6.07) is 19.5. The number of guanidine groups is 1. The van der Waals surface area contributed by atoms with Crippen LogP contribution in [0, 0.1) is 0 Å². The Kier molecular flexibility index (Phi) is 9.90. The van der Waals surface area contributed by atoms with Crippen molar-refractivity contribution in [3.05, 3.63) is 71.3 Å². The van der Waals surface area contributed by atoms with Crippen LogP contribution in [0.15, 0.2) is 59.6 Å². The third-order valence-corrected chi connectivity index (χ3v) is 5.11. The molecule has 158 valence electrons. The van der Waals surface area contributed by atoms with Crippen LogP contribution in [-0.2, 0) is 19.6 Å². The SMILES string of the molecule is CN=C(NCc1ccc(CN(C)C)cc1)N1CCN(Cc2ccccc2)CC1.I. The lowest BCUT2D eigenvalue weighted by Crippen LogP contribution is -2.52. The maximum Gasteiger partial charge on any atom is 0.194 e. The van der Waals surface area contributed by atoms with Gasteiger partial charge in [0.05, 0.1) is 0 Å². The summed E-state index contributed by atoms with van der Waals surface area (Å²) in [6.45, 7) is 6.95. The van der Waals surface area contributed by atoms with Crippen LogP contribution in [0.1, 0.15) is 16.7 Å². The van der Waals surface area contributed by atoms with Crippen molar-refractivity contribution in [1.82, 2.24) is 20.0 Å². The van der Waals surface area contributed by atoms with E-state index in [1.807, 2.05) is 7.05 Å². The first kappa shape index (κ1) is 23.6. The molecule has 0 bridgehead atoms. The monoisotopic (exact) mass is 507 g/mol. The van der Waals surface area contributed by atoms with Gasteiger partial charge in [0.25, 0.3) is 0 Å². The smallest absolute Gasteiger partial charge is 0.194 e. The summed E-state index contributed by atoms with van der Waals surface area (Å²) in [5, 5.41) is 3.53. The predicted molar refractivity (Wildman–Crippen MR) is 133 cm³/mol. The number of aliphatic imine (C=N–C) groups is 1. The molecule has 6 heteroatoms. The summed E-state index contributed by atoms with van der Waals surface area (Å²) >= 11 is 0. The number of benzene rings is 2. The molecule has 1 fully saturated rings. The van der Waals surface area contributed by atoms with E-state index >= 15 is 0 Å². The van der Waals surface area contributed by atoms with Crippen molar-refractivity contribution in [1.29, 1.82) is 0 Å². The molecule has 1 N–H and O–H groups in total. The van der Waals surface area contributed by atoms with Crippen molar-refractivity contribution in [2.24, 2.45) is 4.99 Å². The third-order valence-electron chi connectivity index (χ3n) is 5.11. The molecule has 0 atom stereocenters. The summed E-state index contributed by atoms with van der Waals surface area (Å²) in [5.74, 6) is 0.997. The normalized spacial score (nSPS) is 15.3. The molecule has 0 aliphatic carbocycles. The molecule has 1 heterocycles. The van der Waals surface area contributed by atoms with Crippen molar-refractivity contribution in [2.75, 3.05) is 47.3 Å². The molecule has 1 saturated heterocycles. The number of hydrogen-bond donors (Lipinski definition) is 1. The summed E-state index contributed by atoms with van der Waals surface area (Å²) in [4.78, 5) is 11.6. The van der Waals surface area contributed by atoms with E-state index in [0.717, 1.165) is 51.8 Å². The summed E-state index contributed by atoms with van der Waals surface area (Å²) in [6.07, 6.45) is 0. The second-order valence-corrected chi connectivity index (χ2v) is 7.70. The van der Waals surface area contributed by atoms with Crippen LogP contribution < -0.4 is 5.32 Å². The Labute approximate surface area is 192 Å². The molecule has 3 rings (SSSR count). The molecule has 0 aromatic heterocycles. The van der Waals surface area contributed by atoms with E-state index in [0.29, 0.717) is 0 Å². The molecule has 2 aromatic carbocycles. The van der Waals surface area contributed by atoms with Gasteiger partial charge in [0.2, 0.25) is 0 Å². The highest BCUT2D eigenvalue weighted by Crippen LogP contribution is 2.10. The first-order valence-corrected chi connectivity index (χ1v) is 10.1. The first-order valence-electron chi connectivity index (χ1n) is 10.1. The molecule has 29 heavy (non-hydrogen) atoms. The highest BCUT2D eigenvalue weighted by Gasteiger charge is 2.19. The molecule has 0 unspecified atom stereocenters. The van der Waals surface area contributed by atoms with Crippen molar-refractivity contribution in [2.45, 2.75) is 19.6 Å². The van der Waals surface area contributed by atoms with E-state index in [4.69, 9.17) is 0 Å². The summed E-state index contributed by atoms with van der Waals surface area (Å²) in [5.41, 5.74) is 4.01. The Bertz CT molecular complexity index is 738. The molecule has 0 spiro atoms. The number of nitrogens with one attached hydrogen (secondary N) is 1. The number of piperazine rings is 1. The maximum atomic E-state index is 4.50. The zero-order chi connectivity index (χ0) is 19.8. The van der Waals surface area contributed by atoms with Gasteiger partial charge in [-0.05, 0) is 30.8 Å². The van der Waals surface area contributed by atoms with Crippen LogP contribution in [-0.4, -0.2) is 68.0 Å². The van der Waals surface area contributed by atoms with Crippen molar-refractivity contribution >= 4 is 29.9 Å². The topological polar surface area (TPSA) is 34.1 Å². The minimum Gasteiger partial charge on any atom is -0.352 e. The van der Waals surface area contributed by atoms with Crippen LogP contribution in [0.4, 0.5) is 0 Å². The molecular formula is C23H34IN5. The van der Waals surface area contributed by atoms with Crippen LogP contribution in [0.3, 0.4) is 0 Å². The molecule has 2 aromatic rings. The van der Waals surface area contributed by atoms with E-state index in [2.05, 4.69) is 93.7 Å². The highest BCUT2D eigenvalue weighted by molar-refractivity contribution is 14.0.